The summed E-state index contributed by atoms with van der Waals surface area (Å²) in [5.74, 6) is -1.40. The van der Waals surface area contributed by atoms with Gasteiger partial charge in [0.25, 0.3) is 5.97 Å². The minimum atomic E-state index is -1.40. The van der Waals surface area contributed by atoms with Gasteiger partial charge < -0.3 is 14.6 Å². The monoisotopic (exact) mass is 340 g/mol. The highest BCUT2D eigenvalue weighted by Gasteiger charge is 2.28. The van der Waals surface area contributed by atoms with Crippen molar-refractivity contribution >= 4 is 8.80 Å². The molecule has 0 spiro atoms. The maximum absolute atomic E-state index is 10.6. The summed E-state index contributed by atoms with van der Waals surface area (Å²) in [6.07, 6.45) is 12.2. The second kappa shape index (κ2) is 11.2. The molecule has 0 saturated carbocycles. The Morgan fingerprint density at radius 1 is 1.09 bits per heavy atom. The van der Waals surface area contributed by atoms with E-state index in [0.717, 1.165) is 44.9 Å². The molecule has 0 bridgehead atoms. The van der Waals surface area contributed by atoms with Crippen LogP contribution >= 0.6 is 0 Å². The van der Waals surface area contributed by atoms with Gasteiger partial charge in [-0.15, -0.1) is 0 Å². The highest BCUT2D eigenvalue weighted by Crippen LogP contribution is 2.28. The van der Waals surface area contributed by atoms with Gasteiger partial charge in [-0.2, -0.15) is 0 Å². The van der Waals surface area contributed by atoms with Gasteiger partial charge in [0.05, 0.1) is 22.0 Å². The summed E-state index contributed by atoms with van der Waals surface area (Å²) >= 11 is 0. The number of rotatable bonds is 13. The van der Waals surface area contributed by atoms with Crippen LogP contribution in [-0.4, -0.2) is 33.1 Å². The molecular formula is C19H36O3Si. The largest absolute Gasteiger partial charge is 0.343 e. The van der Waals surface area contributed by atoms with Crippen molar-refractivity contribution in [1.29, 1.82) is 0 Å². The Balaban J connectivity index is 2.47. The average Bonchev–Trinajstić information content (AvgIpc) is 2.96. The zero-order valence-corrected chi connectivity index (χ0v) is 16.7. The average molecular weight is 341 g/mol. The first-order chi connectivity index (χ1) is 11.0. The van der Waals surface area contributed by atoms with Crippen molar-refractivity contribution in [2.45, 2.75) is 84.3 Å². The number of allylic oxidation sites excluding steroid dienone is 4. The van der Waals surface area contributed by atoms with Gasteiger partial charge in [0.1, 0.15) is 0 Å². The van der Waals surface area contributed by atoms with Crippen molar-refractivity contribution in [1.82, 2.24) is 0 Å². The number of aliphatic hydroxyl groups is 1. The minimum absolute atomic E-state index is 0.552. The Kier molecular flexibility index (Phi) is 10.0. The molecule has 0 saturated heterocycles. The van der Waals surface area contributed by atoms with Crippen molar-refractivity contribution in [2.24, 2.45) is 0 Å². The first kappa shape index (κ1) is 20.6. The van der Waals surface area contributed by atoms with Crippen molar-refractivity contribution in [2.75, 3.05) is 13.2 Å². The van der Waals surface area contributed by atoms with Crippen molar-refractivity contribution in [3.63, 3.8) is 0 Å². The smallest absolute Gasteiger partial charge is 0.280 e. The van der Waals surface area contributed by atoms with Crippen molar-refractivity contribution in [3.8, 4) is 0 Å². The van der Waals surface area contributed by atoms with Gasteiger partial charge in [-0.25, -0.2) is 0 Å². The summed E-state index contributed by atoms with van der Waals surface area (Å²) in [6, 6.07) is 0. The summed E-state index contributed by atoms with van der Waals surface area (Å²) in [4.78, 5) is 0. The van der Waals surface area contributed by atoms with E-state index in [9.17, 15) is 5.11 Å². The summed E-state index contributed by atoms with van der Waals surface area (Å²) in [5.41, 5.74) is 1.57. The molecule has 4 heteroatoms. The van der Waals surface area contributed by atoms with Gasteiger partial charge in [0.15, 0.2) is 0 Å². The Hall–Kier alpha value is -0.423. The molecule has 0 radical (unpaired) electrons. The number of hydrogen-bond acceptors (Lipinski definition) is 3. The fourth-order valence-corrected chi connectivity index (χ4v) is 4.47. The van der Waals surface area contributed by atoms with Crippen LogP contribution in [0.3, 0.4) is 0 Å². The third kappa shape index (κ3) is 7.79. The Bertz CT molecular complexity index is 378. The van der Waals surface area contributed by atoms with Gasteiger partial charge in [-0.3, -0.25) is 0 Å². The predicted molar refractivity (Wildman–Crippen MR) is 100 cm³/mol. The fraction of sp³-hybridized carbons (Fsp3) is 0.789. The van der Waals surface area contributed by atoms with E-state index in [0.29, 0.717) is 19.6 Å². The summed E-state index contributed by atoms with van der Waals surface area (Å²) in [5, 5.41) is 12.3. The van der Waals surface area contributed by atoms with E-state index in [1.165, 1.54) is 0 Å². The quantitative estimate of drug-likeness (QED) is 0.299. The van der Waals surface area contributed by atoms with Crippen LogP contribution in [0.2, 0.25) is 13.1 Å². The molecule has 23 heavy (non-hydrogen) atoms. The van der Waals surface area contributed by atoms with Gasteiger partial charge in [0, 0.05) is 6.42 Å². The Labute approximate surface area is 144 Å². The second-order valence-electron chi connectivity index (χ2n) is 6.79. The van der Waals surface area contributed by atoms with E-state index in [-0.39, 0.29) is 0 Å². The fourth-order valence-electron chi connectivity index (χ4n) is 2.87. The molecule has 1 aliphatic rings. The third-order valence-corrected chi connectivity index (χ3v) is 6.16. The third-order valence-electron chi connectivity index (χ3n) is 4.31. The van der Waals surface area contributed by atoms with E-state index in [4.69, 9.17) is 9.47 Å². The molecule has 3 nitrogen and oxygen atoms in total. The van der Waals surface area contributed by atoms with E-state index in [1.54, 1.807) is 10.8 Å². The minimum Gasteiger partial charge on any atom is -0.343 e. The predicted octanol–water partition coefficient (Wildman–Crippen LogP) is 4.72. The van der Waals surface area contributed by atoms with E-state index in [1.807, 2.05) is 0 Å². The van der Waals surface area contributed by atoms with E-state index in [2.05, 4.69) is 39.1 Å². The molecule has 1 N–H and O–H groups in total. The maximum Gasteiger partial charge on any atom is 0.280 e. The summed E-state index contributed by atoms with van der Waals surface area (Å²) in [6.45, 7) is 10.1. The molecule has 0 atom stereocenters. The van der Waals surface area contributed by atoms with Gasteiger partial charge in [0.2, 0.25) is 0 Å². The number of hydrogen-bond donors (Lipinski definition) is 1. The molecule has 0 fully saturated rings. The highest BCUT2D eigenvalue weighted by atomic mass is 28.3. The first-order valence-corrected chi connectivity index (χ1v) is 12.3. The topological polar surface area (TPSA) is 38.7 Å². The molecule has 1 aliphatic carbocycles. The van der Waals surface area contributed by atoms with E-state index < -0.39 is 14.8 Å². The lowest BCUT2D eigenvalue weighted by Crippen LogP contribution is -2.36. The first-order valence-electron chi connectivity index (χ1n) is 9.41. The molecule has 0 aromatic carbocycles. The van der Waals surface area contributed by atoms with Gasteiger partial charge >= 0.3 is 0 Å². The van der Waals surface area contributed by atoms with Crippen LogP contribution in [0.15, 0.2) is 22.9 Å². The van der Waals surface area contributed by atoms with E-state index >= 15 is 0 Å². The highest BCUT2D eigenvalue weighted by molar-refractivity contribution is 6.65. The standard InChI is InChI=1S/C19H36O3Si/c1-5-7-15-21-19(20,22-16-8-6-2)14-10-12-17-11-9-13-18(17)23(3)4/h9,13,20,23H,5-8,10-12,14-16H2,1-4H3. The second-order valence-corrected chi connectivity index (χ2v) is 9.72. The molecule has 0 aromatic heterocycles. The molecule has 0 aromatic rings. The lowest BCUT2D eigenvalue weighted by Gasteiger charge is -2.28. The summed E-state index contributed by atoms with van der Waals surface area (Å²) in [7, 11) is -0.743. The van der Waals surface area contributed by atoms with Crippen LogP contribution in [0, 0.1) is 0 Å². The lowest BCUT2D eigenvalue weighted by molar-refractivity contribution is -0.363. The van der Waals surface area contributed by atoms with Crippen molar-refractivity contribution in [3.05, 3.63) is 22.9 Å². The van der Waals surface area contributed by atoms with Crippen LogP contribution in [0.1, 0.15) is 65.2 Å². The van der Waals surface area contributed by atoms with Crippen LogP contribution in [0.25, 0.3) is 0 Å². The lowest BCUT2D eigenvalue weighted by atomic mass is 10.1. The molecule has 0 heterocycles. The SMILES string of the molecule is CCCCOC(O)(CCCC1=C([SiH](C)C)C=CC1)OCCCC. The molecule has 0 unspecified atom stereocenters. The Morgan fingerprint density at radius 3 is 2.22 bits per heavy atom. The Morgan fingerprint density at radius 2 is 1.70 bits per heavy atom. The molecule has 1 rings (SSSR count). The van der Waals surface area contributed by atoms with Crippen LogP contribution in [0.5, 0.6) is 0 Å². The number of unbranched alkanes of at least 4 members (excludes halogenated alkanes) is 2. The normalized spacial score (nSPS) is 15.2. The number of ether oxygens (including phenoxy) is 2. The van der Waals surface area contributed by atoms with Crippen LogP contribution in [0.4, 0.5) is 0 Å². The molecule has 134 valence electrons. The molecule has 0 amide bonds. The van der Waals surface area contributed by atoms with Gasteiger partial charge in [-0.1, -0.05) is 62.7 Å². The zero-order valence-electron chi connectivity index (χ0n) is 15.6. The van der Waals surface area contributed by atoms with Crippen LogP contribution in [-0.2, 0) is 9.47 Å². The van der Waals surface area contributed by atoms with Crippen molar-refractivity contribution < 1.29 is 14.6 Å². The molecule has 0 aliphatic heterocycles. The summed E-state index contributed by atoms with van der Waals surface area (Å²) < 4.78 is 11.3. The maximum atomic E-state index is 10.6. The van der Waals surface area contributed by atoms with Crippen LogP contribution < -0.4 is 0 Å². The molecular weight excluding hydrogens is 304 g/mol. The van der Waals surface area contributed by atoms with Gasteiger partial charge in [-0.05, 0) is 32.1 Å². The zero-order chi connectivity index (χ0) is 17.1.